The quantitative estimate of drug-likeness (QED) is 0.324. The van der Waals surface area contributed by atoms with Crippen molar-refractivity contribution in [1.82, 2.24) is 19.5 Å². The Balaban J connectivity index is 1.42. The molecule has 5 rings (SSSR count). The second-order valence-corrected chi connectivity index (χ2v) is 7.62. The molecule has 3 atom stereocenters. The summed E-state index contributed by atoms with van der Waals surface area (Å²) in [5.41, 5.74) is 1.58. The number of carbonyl (C=O) groups is 2. The van der Waals surface area contributed by atoms with Gasteiger partial charge in [-0.25, -0.2) is 24.5 Å². The van der Waals surface area contributed by atoms with E-state index in [0.717, 1.165) is 0 Å². The average molecular weight is 465 g/mol. The lowest BCUT2D eigenvalue weighted by atomic mass is 10.2. The van der Waals surface area contributed by atoms with Crippen LogP contribution in [0.4, 0.5) is 0 Å². The lowest BCUT2D eigenvalue weighted by molar-refractivity contribution is -0.147. The second kappa shape index (κ2) is 8.97. The van der Waals surface area contributed by atoms with Crippen LogP contribution in [0, 0.1) is 0 Å². The molecule has 0 aliphatic carbocycles. The summed E-state index contributed by atoms with van der Waals surface area (Å²) in [6.45, 7) is 0. The van der Waals surface area contributed by atoms with E-state index in [9.17, 15) is 9.59 Å². The smallest absolute Gasteiger partial charge is 0.340 e. The molecule has 0 radical (unpaired) electrons. The molecular formula is C23H17ClN4O5. The van der Waals surface area contributed by atoms with Crippen LogP contribution in [0.3, 0.4) is 0 Å². The molecule has 1 aliphatic heterocycles. The Morgan fingerprint density at radius 2 is 1.55 bits per heavy atom. The van der Waals surface area contributed by atoms with Crippen LogP contribution >= 0.6 is 11.6 Å². The van der Waals surface area contributed by atoms with Crippen molar-refractivity contribution in [2.24, 2.45) is 0 Å². The lowest BCUT2D eigenvalue weighted by Gasteiger charge is -2.19. The van der Waals surface area contributed by atoms with E-state index < -0.39 is 30.6 Å². The summed E-state index contributed by atoms with van der Waals surface area (Å²) in [6.07, 6.45) is 0.329. The molecule has 33 heavy (non-hydrogen) atoms. The van der Waals surface area contributed by atoms with Crippen LogP contribution in [0.1, 0.15) is 33.4 Å². The van der Waals surface area contributed by atoms with E-state index in [-0.39, 0.29) is 11.6 Å². The van der Waals surface area contributed by atoms with Crippen molar-refractivity contribution in [2.45, 2.75) is 25.0 Å². The van der Waals surface area contributed by atoms with Gasteiger partial charge in [0, 0.05) is 6.42 Å². The summed E-state index contributed by atoms with van der Waals surface area (Å²) in [6, 6.07) is 17.0. The van der Waals surface area contributed by atoms with Gasteiger partial charge in [-0.05, 0) is 24.3 Å². The van der Waals surface area contributed by atoms with Crippen molar-refractivity contribution in [3.8, 4) is 0 Å². The molecule has 0 N–H and O–H groups in total. The Morgan fingerprint density at radius 1 is 0.909 bits per heavy atom. The Bertz CT molecular complexity index is 1240. The highest BCUT2D eigenvalue weighted by atomic mass is 35.5. The van der Waals surface area contributed by atoms with E-state index in [0.29, 0.717) is 22.3 Å². The molecule has 0 bridgehead atoms. The first-order valence-electron chi connectivity index (χ1n) is 10.1. The Labute approximate surface area is 192 Å². The SMILES string of the molecule is O=C(OC1CC(n2cnc3ncnc(Cl)c32)OC1OC(=O)c1ccccc1)c1ccccc1. The molecule has 2 aromatic carbocycles. The third-order valence-electron chi connectivity index (χ3n) is 5.16. The third-order valence-corrected chi connectivity index (χ3v) is 5.44. The Morgan fingerprint density at radius 3 is 2.21 bits per heavy atom. The molecule has 0 saturated carbocycles. The summed E-state index contributed by atoms with van der Waals surface area (Å²) in [7, 11) is 0. The van der Waals surface area contributed by atoms with Gasteiger partial charge in [-0.3, -0.25) is 4.57 Å². The largest absolute Gasteiger partial charge is 0.452 e. The molecule has 3 unspecified atom stereocenters. The van der Waals surface area contributed by atoms with E-state index in [1.54, 1.807) is 65.2 Å². The third kappa shape index (κ3) is 4.28. The number of nitrogens with zero attached hydrogens (tertiary/aromatic N) is 4. The maximum Gasteiger partial charge on any atom is 0.340 e. The average Bonchev–Trinajstić information content (AvgIpc) is 3.45. The van der Waals surface area contributed by atoms with Crippen LogP contribution in [0.15, 0.2) is 73.3 Å². The van der Waals surface area contributed by atoms with E-state index in [4.69, 9.17) is 25.8 Å². The summed E-state index contributed by atoms with van der Waals surface area (Å²) >= 11 is 6.25. The molecule has 2 aromatic heterocycles. The van der Waals surface area contributed by atoms with Crippen LogP contribution in [-0.4, -0.2) is 43.9 Å². The van der Waals surface area contributed by atoms with E-state index in [1.807, 2.05) is 0 Å². The van der Waals surface area contributed by atoms with Gasteiger partial charge < -0.3 is 14.2 Å². The Hall–Kier alpha value is -3.82. The number of hydrogen-bond acceptors (Lipinski definition) is 8. The van der Waals surface area contributed by atoms with Gasteiger partial charge in [0.1, 0.15) is 18.1 Å². The molecular weight excluding hydrogens is 448 g/mol. The maximum absolute atomic E-state index is 12.7. The predicted octanol–water partition coefficient (Wildman–Crippen LogP) is 3.81. The van der Waals surface area contributed by atoms with Gasteiger partial charge in [0.15, 0.2) is 16.9 Å². The zero-order valence-electron chi connectivity index (χ0n) is 17.1. The van der Waals surface area contributed by atoms with Gasteiger partial charge in [-0.2, -0.15) is 0 Å². The first-order valence-corrected chi connectivity index (χ1v) is 10.5. The van der Waals surface area contributed by atoms with E-state index in [1.165, 1.54) is 12.7 Å². The van der Waals surface area contributed by atoms with Crippen LogP contribution < -0.4 is 0 Å². The van der Waals surface area contributed by atoms with Gasteiger partial charge in [0.25, 0.3) is 0 Å². The van der Waals surface area contributed by atoms with E-state index in [2.05, 4.69) is 15.0 Å². The topological polar surface area (TPSA) is 105 Å². The van der Waals surface area contributed by atoms with Crippen LogP contribution in [-0.2, 0) is 14.2 Å². The summed E-state index contributed by atoms with van der Waals surface area (Å²) in [5.74, 6) is -1.15. The van der Waals surface area contributed by atoms with Crippen molar-refractivity contribution in [3.63, 3.8) is 0 Å². The van der Waals surface area contributed by atoms with Gasteiger partial charge in [0.05, 0.1) is 17.5 Å². The van der Waals surface area contributed by atoms with Crippen molar-refractivity contribution in [3.05, 3.63) is 89.6 Å². The number of hydrogen-bond donors (Lipinski definition) is 0. The predicted molar refractivity (Wildman–Crippen MR) is 116 cm³/mol. The molecule has 3 heterocycles. The fraction of sp³-hybridized carbons (Fsp3) is 0.174. The zero-order valence-corrected chi connectivity index (χ0v) is 17.8. The van der Waals surface area contributed by atoms with Crippen molar-refractivity contribution in [2.75, 3.05) is 0 Å². The lowest BCUT2D eigenvalue weighted by Crippen LogP contribution is -2.31. The molecule has 1 aliphatic rings. The first kappa shape index (κ1) is 21.0. The molecule has 4 aromatic rings. The molecule has 1 fully saturated rings. The standard InChI is InChI=1S/C23H17ClN4O5/c24-19-18-20(26-12-25-19)27-13-28(18)17-11-16(31-21(29)14-7-3-1-4-8-14)23(32-17)33-22(30)15-9-5-2-6-10-15/h1-10,12-13,16-17,23H,11H2. The molecule has 0 amide bonds. The monoisotopic (exact) mass is 464 g/mol. The highest BCUT2D eigenvalue weighted by molar-refractivity contribution is 6.33. The van der Waals surface area contributed by atoms with Crippen molar-refractivity contribution >= 4 is 34.7 Å². The molecule has 0 spiro atoms. The van der Waals surface area contributed by atoms with Crippen LogP contribution in [0.5, 0.6) is 0 Å². The van der Waals surface area contributed by atoms with Gasteiger partial charge in [-0.15, -0.1) is 0 Å². The van der Waals surface area contributed by atoms with Crippen molar-refractivity contribution < 1.29 is 23.8 Å². The number of fused-ring (bicyclic) bond motifs is 1. The number of carbonyl (C=O) groups excluding carboxylic acids is 2. The fourth-order valence-electron chi connectivity index (χ4n) is 3.58. The van der Waals surface area contributed by atoms with Crippen LogP contribution in [0.2, 0.25) is 5.15 Å². The van der Waals surface area contributed by atoms with Crippen LogP contribution in [0.25, 0.3) is 11.2 Å². The minimum absolute atomic E-state index is 0.196. The number of rotatable bonds is 5. The molecule has 1 saturated heterocycles. The first-order chi connectivity index (χ1) is 16.1. The molecule has 10 heteroatoms. The summed E-state index contributed by atoms with van der Waals surface area (Å²) in [5, 5.41) is 0.198. The number of benzene rings is 2. The second-order valence-electron chi connectivity index (χ2n) is 7.26. The highest BCUT2D eigenvalue weighted by Gasteiger charge is 2.42. The zero-order chi connectivity index (χ0) is 22.8. The van der Waals surface area contributed by atoms with Gasteiger partial charge >= 0.3 is 11.9 Å². The molecule has 9 nitrogen and oxygen atoms in total. The van der Waals surface area contributed by atoms with Crippen molar-refractivity contribution in [1.29, 1.82) is 0 Å². The van der Waals surface area contributed by atoms with Gasteiger partial charge in [-0.1, -0.05) is 48.0 Å². The minimum atomic E-state index is -1.14. The summed E-state index contributed by atoms with van der Waals surface area (Å²) < 4.78 is 18.9. The number of ether oxygens (including phenoxy) is 3. The Kier molecular flexibility index (Phi) is 5.72. The van der Waals surface area contributed by atoms with E-state index >= 15 is 0 Å². The molecule has 166 valence electrons. The fourth-order valence-corrected chi connectivity index (χ4v) is 3.81. The highest BCUT2D eigenvalue weighted by Crippen LogP contribution is 2.35. The van der Waals surface area contributed by atoms with Gasteiger partial charge in [0.2, 0.25) is 6.29 Å². The number of imidazole rings is 1. The number of aromatic nitrogens is 4. The number of halogens is 1. The normalized spacial score (nSPS) is 20.0. The number of esters is 2. The summed E-state index contributed by atoms with van der Waals surface area (Å²) in [4.78, 5) is 37.7. The maximum atomic E-state index is 12.7. The minimum Gasteiger partial charge on any atom is -0.452 e.